The fraction of sp³-hybridized carbons (Fsp3) is 0.167. The van der Waals surface area contributed by atoms with Crippen LogP contribution in [0, 0.1) is 0 Å². The van der Waals surface area contributed by atoms with Crippen LogP contribution in [-0.2, 0) is 4.79 Å². The van der Waals surface area contributed by atoms with Crippen LogP contribution in [0.15, 0.2) is 96.1 Å². The van der Waals surface area contributed by atoms with E-state index in [9.17, 15) is 9.59 Å². The van der Waals surface area contributed by atoms with Gasteiger partial charge in [-0.05, 0) is 72.0 Å². The molecule has 4 aromatic carbocycles. The van der Waals surface area contributed by atoms with Crippen molar-refractivity contribution in [2.45, 2.75) is 19.8 Å². The van der Waals surface area contributed by atoms with Crippen LogP contribution in [0.25, 0.3) is 10.8 Å². The van der Waals surface area contributed by atoms with Gasteiger partial charge in [-0.3, -0.25) is 4.79 Å². The minimum atomic E-state index is -0.458. The second-order valence-electron chi connectivity index (χ2n) is 8.24. The summed E-state index contributed by atoms with van der Waals surface area (Å²) in [5.41, 5.74) is 3.61. The number of nitrogens with one attached hydrogen (secondary N) is 1. The topological polar surface area (TPSA) is 86.2 Å². The van der Waals surface area contributed by atoms with Gasteiger partial charge in [-0.2, -0.15) is 5.10 Å². The number of hydrogen-bond donors (Lipinski definition) is 1. The van der Waals surface area contributed by atoms with Crippen molar-refractivity contribution in [1.82, 2.24) is 5.43 Å². The molecule has 0 aliphatic carbocycles. The molecular weight excluding hydrogens is 468 g/mol. The zero-order valence-electron chi connectivity index (χ0n) is 20.6. The first-order valence-electron chi connectivity index (χ1n) is 12.1. The number of ether oxygens (including phenoxy) is 3. The Morgan fingerprint density at radius 3 is 2.35 bits per heavy atom. The maximum Gasteiger partial charge on any atom is 0.343 e. The highest BCUT2D eigenvalue weighted by Gasteiger charge is 2.09. The molecule has 0 saturated heterocycles. The zero-order chi connectivity index (χ0) is 25.9. The molecule has 4 aromatic rings. The van der Waals surface area contributed by atoms with Gasteiger partial charge in [0, 0.05) is 5.39 Å². The van der Waals surface area contributed by atoms with E-state index < -0.39 is 5.97 Å². The van der Waals surface area contributed by atoms with Gasteiger partial charge in [0.2, 0.25) is 0 Å². The van der Waals surface area contributed by atoms with Crippen molar-refractivity contribution in [1.29, 1.82) is 0 Å². The van der Waals surface area contributed by atoms with Crippen LogP contribution in [0.1, 0.15) is 35.7 Å². The minimum Gasteiger partial charge on any atom is -0.494 e. The number of esters is 1. The number of carbonyl (C=O) groups is 2. The Labute approximate surface area is 215 Å². The molecule has 0 fully saturated rings. The molecule has 0 radical (unpaired) electrons. The van der Waals surface area contributed by atoms with Crippen LogP contribution in [0.5, 0.6) is 17.2 Å². The standard InChI is InChI=1S/C30H28N2O5/c1-2-3-19-35-25-17-13-24(14-18-25)30(34)37-26-15-11-22(12-16-26)20-31-32-29(33)21-36-28-10-6-8-23-7-4-5-9-27(23)28/h4-18,20H,2-3,19,21H2,1H3,(H,32,33)/b31-20-. The Balaban J connectivity index is 1.23. The number of nitrogens with zero attached hydrogens (tertiary/aromatic N) is 1. The first-order chi connectivity index (χ1) is 18.1. The second-order valence-corrected chi connectivity index (χ2v) is 8.24. The molecule has 1 N–H and O–H groups in total. The van der Waals surface area contributed by atoms with Crippen LogP contribution in [0.4, 0.5) is 0 Å². The quantitative estimate of drug-likeness (QED) is 0.0937. The summed E-state index contributed by atoms with van der Waals surface area (Å²) >= 11 is 0. The molecule has 0 heterocycles. The molecule has 0 aromatic heterocycles. The van der Waals surface area contributed by atoms with Crippen LogP contribution in [0.3, 0.4) is 0 Å². The summed E-state index contributed by atoms with van der Waals surface area (Å²) in [4.78, 5) is 24.5. The van der Waals surface area contributed by atoms with Gasteiger partial charge in [0.05, 0.1) is 18.4 Å². The van der Waals surface area contributed by atoms with E-state index in [0.717, 1.165) is 34.9 Å². The summed E-state index contributed by atoms with van der Waals surface area (Å²) in [6.07, 6.45) is 3.54. The first-order valence-corrected chi connectivity index (χ1v) is 12.1. The molecule has 0 spiro atoms. The monoisotopic (exact) mass is 496 g/mol. The van der Waals surface area contributed by atoms with Gasteiger partial charge >= 0.3 is 5.97 Å². The molecule has 7 nitrogen and oxygen atoms in total. The largest absolute Gasteiger partial charge is 0.494 e. The van der Waals surface area contributed by atoms with Gasteiger partial charge in [0.15, 0.2) is 6.61 Å². The lowest BCUT2D eigenvalue weighted by Crippen LogP contribution is -2.24. The Bertz CT molecular complexity index is 1360. The third kappa shape index (κ3) is 7.41. The van der Waals surface area contributed by atoms with E-state index in [1.54, 1.807) is 48.5 Å². The predicted molar refractivity (Wildman–Crippen MR) is 143 cm³/mol. The number of hydrogen-bond acceptors (Lipinski definition) is 6. The molecule has 0 aliphatic rings. The maximum atomic E-state index is 12.4. The third-order valence-corrected chi connectivity index (χ3v) is 5.46. The number of carbonyl (C=O) groups excluding carboxylic acids is 2. The van der Waals surface area contributed by atoms with E-state index in [0.29, 0.717) is 23.7 Å². The van der Waals surface area contributed by atoms with Gasteiger partial charge in [0.25, 0.3) is 5.91 Å². The van der Waals surface area contributed by atoms with E-state index in [1.807, 2.05) is 42.5 Å². The number of amides is 1. The molecule has 1 amide bonds. The number of benzene rings is 4. The van der Waals surface area contributed by atoms with E-state index in [-0.39, 0.29) is 12.5 Å². The van der Waals surface area contributed by atoms with E-state index in [4.69, 9.17) is 14.2 Å². The van der Waals surface area contributed by atoms with Crippen molar-refractivity contribution in [3.8, 4) is 17.2 Å². The van der Waals surface area contributed by atoms with Gasteiger partial charge in [-0.1, -0.05) is 49.7 Å². The lowest BCUT2D eigenvalue weighted by molar-refractivity contribution is -0.123. The van der Waals surface area contributed by atoms with Crippen molar-refractivity contribution < 1.29 is 23.8 Å². The molecule has 0 bridgehead atoms. The molecular formula is C30H28N2O5. The molecule has 188 valence electrons. The highest BCUT2D eigenvalue weighted by Crippen LogP contribution is 2.25. The summed E-state index contributed by atoms with van der Waals surface area (Å²) in [5, 5.41) is 5.95. The lowest BCUT2D eigenvalue weighted by Gasteiger charge is -2.08. The fourth-order valence-electron chi connectivity index (χ4n) is 3.49. The van der Waals surface area contributed by atoms with Crippen molar-refractivity contribution >= 4 is 28.9 Å². The van der Waals surface area contributed by atoms with Gasteiger partial charge < -0.3 is 14.2 Å². The van der Waals surface area contributed by atoms with Crippen molar-refractivity contribution in [2.75, 3.05) is 13.2 Å². The highest BCUT2D eigenvalue weighted by molar-refractivity contribution is 5.91. The van der Waals surface area contributed by atoms with Crippen molar-refractivity contribution in [3.63, 3.8) is 0 Å². The fourth-order valence-corrected chi connectivity index (χ4v) is 3.49. The van der Waals surface area contributed by atoms with Crippen molar-refractivity contribution in [3.05, 3.63) is 102 Å². The smallest absolute Gasteiger partial charge is 0.343 e. The van der Waals surface area contributed by atoms with Crippen LogP contribution in [-0.4, -0.2) is 31.3 Å². The summed E-state index contributed by atoms with van der Waals surface area (Å²) < 4.78 is 16.7. The molecule has 0 aliphatic heterocycles. The Kier molecular flexibility index (Phi) is 8.86. The summed E-state index contributed by atoms with van der Waals surface area (Å²) in [7, 11) is 0. The van der Waals surface area contributed by atoms with E-state index in [1.165, 1.54) is 6.21 Å². The molecule has 0 unspecified atom stereocenters. The number of fused-ring (bicyclic) bond motifs is 1. The average molecular weight is 497 g/mol. The van der Waals surface area contributed by atoms with Crippen molar-refractivity contribution in [2.24, 2.45) is 5.10 Å². The van der Waals surface area contributed by atoms with Crippen LogP contribution < -0.4 is 19.6 Å². The molecule has 0 atom stereocenters. The maximum absolute atomic E-state index is 12.4. The minimum absolute atomic E-state index is 0.161. The molecule has 0 saturated carbocycles. The Morgan fingerprint density at radius 1 is 0.838 bits per heavy atom. The normalized spacial score (nSPS) is 10.8. The van der Waals surface area contributed by atoms with Gasteiger partial charge in [-0.25, -0.2) is 10.2 Å². The zero-order valence-corrected chi connectivity index (χ0v) is 20.6. The first kappa shape index (κ1) is 25.4. The third-order valence-electron chi connectivity index (χ3n) is 5.46. The predicted octanol–water partition coefficient (Wildman–Crippen LogP) is 5.77. The second kappa shape index (κ2) is 12.9. The lowest BCUT2D eigenvalue weighted by atomic mass is 10.1. The number of rotatable bonds is 11. The molecule has 37 heavy (non-hydrogen) atoms. The van der Waals surface area contributed by atoms with Crippen LogP contribution >= 0.6 is 0 Å². The summed E-state index contributed by atoms with van der Waals surface area (Å²) in [5.74, 6) is 0.925. The number of hydrazone groups is 1. The Hall–Kier alpha value is -4.65. The van der Waals surface area contributed by atoms with Crippen LogP contribution in [0.2, 0.25) is 0 Å². The molecule has 7 heteroatoms. The Morgan fingerprint density at radius 2 is 1.57 bits per heavy atom. The van der Waals surface area contributed by atoms with Gasteiger partial charge in [0.1, 0.15) is 17.2 Å². The van der Waals surface area contributed by atoms with Gasteiger partial charge in [-0.15, -0.1) is 0 Å². The van der Waals surface area contributed by atoms with E-state index in [2.05, 4.69) is 17.5 Å². The average Bonchev–Trinajstić information content (AvgIpc) is 2.93. The summed E-state index contributed by atoms with van der Waals surface area (Å²) in [6, 6.07) is 27.2. The molecule has 4 rings (SSSR count). The SMILES string of the molecule is CCCCOc1ccc(C(=O)Oc2ccc(/C=N\NC(=O)COc3cccc4ccccc34)cc2)cc1. The van der Waals surface area contributed by atoms with E-state index >= 15 is 0 Å². The highest BCUT2D eigenvalue weighted by atomic mass is 16.5. The number of unbranched alkanes of at least 4 members (excludes halogenated alkanes) is 1. The summed E-state index contributed by atoms with van der Waals surface area (Å²) in [6.45, 7) is 2.59.